The van der Waals surface area contributed by atoms with E-state index in [2.05, 4.69) is 4.98 Å². The van der Waals surface area contributed by atoms with Crippen molar-refractivity contribution in [3.8, 4) is 0 Å². The van der Waals surface area contributed by atoms with E-state index in [-0.39, 0.29) is 17.1 Å². The van der Waals surface area contributed by atoms with Crippen molar-refractivity contribution in [2.45, 2.75) is 36.2 Å². The molecule has 20 heavy (non-hydrogen) atoms. The van der Waals surface area contributed by atoms with Crippen molar-refractivity contribution in [3.63, 3.8) is 0 Å². The predicted molar refractivity (Wildman–Crippen MR) is 71.0 cm³/mol. The van der Waals surface area contributed by atoms with Crippen molar-refractivity contribution in [1.82, 2.24) is 9.29 Å². The number of nitrogens with one attached hydrogen (secondary N) is 1. The summed E-state index contributed by atoms with van der Waals surface area (Å²) in [6.45, 7) is 0.0168. The first-order valence-electron chi connectivity index (χ1n) is 6.35. The van der Waals surface area contributed by atoms with E-state index in [1.807, 2.05) is 0 Å². The number of aromatic nitrogens is 1. The summed E-state index contributed by atoms with van der Waals surface area (Å²) >= 11 is 0. The molecule has 3 N–H and O–H groups in total. The van der Waals surface area contributed by atoms with Gasteiger partial charge in [-0.25, -0.2) is 13.2 Å². The van der Waals surface area contributed by atoms with Crippen LogP contribution in [0.4, 0.5) is 0 Å². The molecule has 0 unspecified atom stereocenters. The Kier molecular flexibility index (Phi) is 3.90. The third kappa shape index (κ3) is 2.87. The molecule has 1 fully saturated rings. The fraction of sp³-hybridized carbons (Fsp3) is 0.583. The van der Waals surface area contributed by atoms with E-state index in [1.54, 1.807) is 0 Å². The SMILES string of the molecule is CN(CC1(O)CCCC1)S(=O)(=O)c1c[nH]c(C(=O)O)c1. The van der Waals surface area contributed by atoms with Gasteiger partial charge in [0, 0.05) is 19.8 Å². The van der Waals surface area contributed by atoms with Gasteiger partial charge in [0.2, 0.25) is 10.0 Å². The van der Waals surface area contributed by atoms with Gasteiger partial charge in [-0.15, -0.1) is 0 Å². The van der Waals surface area contributed by atoms with Gasteiger partial charge < -0.3 is 15.2 Å². The zero-order valence-corrected chi connectivity index (χ0v) is 12.0. The van der Waals surface area contributed by atoms with E-state index in [9.17, 15) is 18.3 Å². The second-order valence-electron chi connectivity index (χ2n) is 5.25. The Bertz CT molecular complexity index is 601. The van der Waals surface area contributed by atoms with Crippen LogP contribution in [-0.2, 0) is 10.0 Å². The summed E-state index contributed by atoms with van der Waals surface area (Å²) in [6, 6.07) is 1.08. The maximum absolute atomic E-state index is 12.3. The van der Waals surface area contributed by atoms with Gasteiger partial charge in [0.15, 0.2) is 0 Å². The smallest absolute Gasteiger partial charge is 0.352 e. The van der Waals surface area contributed by atoms with Crippen molar-refractivity contribution >= 4 is 16.0 Å². The third-order valence-electron chi connectivity index (χ3n) is 3.65. The van der Waals surface area contributed by atoms with Gasteiger partial charge in [-0.05, 0) is 18.9 Å². The van der Waals surface area contributed by atoms with E-state index in [1.165, 1.54) is 7.05 Å². The molecular weight excluding hydrogens is 284 g/mol. The standard InChI is InChI=1S/C12H18N2O5S/c1-14(8-12(17)4-2-3-5-12)20(18,19)9-6-10(11(15)16)13-7-9/h6-7,13,17H,2-5,8H2,1H3,(H,15,16). The lowest BCUT2D eigenvalue weighted by atomic mass is 10.0. The first kappa shape index (κ1) is 15.0. The van der Waals surface area contributed by atoms with Gasteiger partial charge in [-0.1, -0.05) is 12.8 Å². The molecular formula is C12H18N2O5S. The second kappa shape index (κ2) is 5.19. The van der Waals surface area contributed by atoms with Crippen molar-refractivity contribution in [2.24, 2.45) is 0 Å². The quantitative estimate of drug-likeness (QED) is 0.739. The minimum absolute atomic E-state index is 0.0168. The molecule has 0 spiro atoms. The molecule has 1 aromatic heterocycles. The Labute approximate surface area is 117 Å². The highest BCUT2D eigenvalue weighted by atomic mass is 32.2. The number of sulfonamides is 1. The van der Waals surface area contributed by atoms with Crippen LogP contribution in [0.5, 0.6) is 0 Å². The monoisotopic (exact) mass is 302 g/mol. The number of carboxylic acids is 1. The lowest BCUT2D eigenvalue weighted by Gasteiger charge is -2.27. The number of aromatic amines is 1. The number of carbonyl (C=O) groups is 1. The van der Waals surface area contributed by atoms with Crippen LogP contribution < -0.4 is 0 Å². The lowest BCUT2D eigenvalue weighted by Crippen LogP contribution is -2.41. The summed E-state index contributed by atoms with van der Waals surface area (Å²) < 4.78 is 25.7. The fourth-order valence-corrected chi connectivity index (χ4v) is 3.76. The zero-order chi connectivity index (χ0) is 15.0. The average Bonchev–Trinajstić information content (AvgIpc) is 2.97. The second-order valence-corrected chi connectivity index (χ2v) is 7.29. The van der Waals surface area contributed by atoms with Gasteiger partial charge in [-0.2, -0.15) is 4.31 Å². The summed E-state index contributed by atoms with van der Waals surface area (Å²) in [5, 5.41) is 19.1. The van der Waals surface area contributed by atoms with E-state index < -0.39 is 21.6 Å². The van der Waals surface area contributed by atoms with Gasteiger partial charge >= 0.3 is 5.97 Å². The summed E-state index contributed by atoms with van der Waals surface area (Å²) in [5.41, 5.74) is -1.16. The van der Waals surface area contributed by atoms with Crippen LogP contribution in [0.1, 0.15) is 36.2 Å². The van der Waals surface area contributed by atoms with Crippen LogP contribution >= 0.6 is 0 Å². The van der Waals surface area contributed by atoms with E-state index in [0.717, 1.165) is 29.4 Å². The van der Waals surface area contributed by atoms with Crippen LogP contribution in [0.25, 0.3) is 0 Å². The number of nitrogens with zero attached hydrogens (tertiary/aromatic N) is 1. The van der Waals surface area contributed by atoms with Crippen LogP contribution in [0, 0.1) is 0 Å². The van der Waals surface area contributed by atoms with E-state index >= 15 is 0 Å². The average molecular weight is 302 g/mol. The molecule has 0 bridgehead atoms. The molecule has 0 aliphatic heterocycles. The van der Waals surface area contributed by atoms with Crippen molar-refractivity contribution in [2.75, 3.05) is 13.6 Å². The fourth-order valence-electron chi connectivity index (χ4n) is 2.52. The topological polar surface area (TPSA) is 111 Å². The Morgan fingerprint density at radius 3 is 2.55 bits per heavy atom. The summed E-state index contributed by atoms with van der Waals surface area (Å²) in [4.78, 5) is 13.1. The Morgan fingerprint density at radius 2 is 2.05 bits per heavy atom. The molecule has 1 aliphatic rings. The zero-order valence-electron chi connectivity index (χ0n) is 11.2. The van der Waals surface area contributed by atoms with Crippen molar-refractivity contribution in [1.29, 1.82) is 0 Å². The number of aromatic carboxylic acids is 1. The molecule has 112 valence electrons. The number of rotatable bonds is 5. The van der Waals surface area contributed by atoms with Gasteiger partial charge in [0.25, 0.3) is 0 Å². The largest absolute Gasteiger partial charge is 0.477 e. The molecule has 1 heterocycles. The summed E-state index contributed by atoms with van der Waals surface area (Å²) in [5.74, 6) is -1.22. The molecule has 1 aromatic rings. The maximum atomic E-state index is 12.3. The summed E-state index contributed by atoms with van der Waals surface area (Å²) in [7, 11) is -2.41. The van der Waals surface area contributed by atoms with Gasteiger partial charge in [-0.3, -0.25) is 0 Å². The van der Waals surface area contributed by atoms with E-state index in [0.29, 0.717) is 12.8 Å². The Morgan fingerprint density at radius 1 is 1.45 bits per heavy atom. The third-order valence-corrected chi connectivity index (χ3v) is 5.43. The molecule has 2 rings (SSSR count). The number of aliphatic hydroxyl groups is 1. The molecule has 0 saturated heterocycles. The van der Waals surface area contributed by atoms with Crippen LogP contribution in [0.15, 0.2) is 17.2 Å². The predicted octanol–water partition coefficient (Wildman–Crippen LogP) is 0.639. The number of carboxylic acid groups (broad SMARTS) is 1. The molecule has 0 atom stereocenters. The minimum atomic E-state index is -3.80. The van der Waals surface area contributed by atoms with Gasteiger partial charge in [0.05, 0.1) is 5.60 Å². The highest BCUT2D eigenvalue weighted by molar-refractivity contribution is 7.89. The van der Waals surface area contributed by atoms with Crippen LogP contribution in [0.2, 0.25) is 0 Å². The number of hydrogen-bond donors (Lipinski definition) is 3. The van der Waals surface area contributed by atoms with E-state index in [4.69, 9.17) is 5.11 Å². The Balaban J connectivity index is 2.18. The summed E-state index contributed by atoms with van der Waals surface area (Å²) in [6.07, 6.45) is 4.09. The maximum Gasteiger partial charge on any atom is 0.352 e. The molecule has 0 radical (unpaired) electrons. The molecule has 1 saturated carbocycles. The molecule has 8 heteroatoms. The van der Waals surface area contributed by atoms with Crippen LogP contribution in [0.3, 0.4) is 0 Å². The first-order chi connectivity index (χ1) is 9.24. The van der Waals surface area contributed by atoms with Crippen LogP contribution in [-0.4, -0.2) is 53.1 Å². The van der Waals surface area contributed by atoms with Gasteiger partial charge in [0.1, 0.15) is 10.6 Å². The molecule has 0 aromatic carbocycles. The number of likely N-dealkylation sites (N-methyl/N-ethyl adjacent to an activating group) is 1. The highest BCUT2D eigenvalue weighted by Crippen LogP contribution is 2.31. The van der Waals surface area contributed by atoms with Crippen molar-refractivity contribution in [3.05, 3.63) is 18.0 Å². The Hall–Kier alpha value is -1.38. The normalized spacial score (nSPS) is 18.6. The van der Waals surface area contributed by atoms with Crippen molar-refractivity contribution < 1.29 is 23.4 Å². The number of H-pyrrole nitrogens is 1. The number of hydrogen-bond acceptors (Lipinski definition) is 4. The lowest BCUT2D eigenvalue weighted by molar-refractivity contribution is 0.0333. The molecule has 1 aliphatic carbocycles. The first-order valence-corrected chi connectivity index (χ1v) is 7.79. The molecule has 7 nitrogen and oxygen atoms in total. The highest BCUT2D eigenvalue weighted by Gasteiger charge is 2.36. The minimum Gasteiger partial charge on any atom is -0.477 e. The molecule has 0 amide bonds.